The molecule has 0 heterocycles. The van der Waals surface area contributed by atoms with Gasteiger partial charge in [-0.05, 0) is 62.2 Å². The molecule has 0 atom stereocenters. The van der Waals surface area contributed by atoms with Crippen molar-refractivity contribution in [1.29, 1.82) is 0 Å². The summed E-state index contributed by atoms with van der Waals surface area (Å²) in [5, 5.41) is 6.21. The summed E-state index contributed by atoms with van der Waals surface area (Å²) in [7, 11) is 0. The number of anilines is 2. The summed E-state index contributed by atoms with van der Waals surface area (Å²) in [5.74, 6) is -0.0863. The molecule has 0 radical (unpaired) electrons. The smallest absolute Gasteiger partial charge is 0.255 e. The maximum absolute atomic E-state index is 12.4. The Balaban J connectivity index is 2.22. The van der Waals surface area contributed by atoms with Gasteiger partial charge in [-0.15, -0.1) is 0 Å². The molecule has 2 rings (SSSR count). The molecule has 0 spiro atoms. The Labute approximate surface area is 133 Å². The summed E-state index contributed by atoms with van der Waals surface area (Å²) in [6, 6.07) is 11.6. The third-order valence-electron chi connectivity index (χ3n) is 3.30. The molecule has 0 aliphatic carbocycles. The van der Waals surface area contributed by atoms with Gasteiger partial charge in [0.2, 0.25) is 0 Å². The van der Waals surface area contributed by atoms with Crippen LogP contribution in [0.15, 0.2) is 40.9 Å². The number of rotatable bonds is 4. The van der Waals surface area contributed by atoms with Crippen molar-refractivity contribution in [2.24, 2.45) is 0 Å². The van der Waals surface area contributed by atoms with Crippen LogP contribution in [0.4, 0.5) is 11.4 Å². The molecule has 0 bridgehead atoms. The van der Waals surface area contributed by atoms with Crippen molar-refractivity contribution in [3.05, 3.63) is 57.6 Å². The van der Waals surface area contributed by atoms with E-state index in [0.717, 1.165) is 33.5 Å². The fraction of sp³-hybridized carbons (Fsp3) is 0.235. The lowest BCUT2D eigenvalue weighted by molar-refractivity contribution is 0.102. The van der Waals surface area contributed by atoms with E-state index in [9.17, 15) is 4.79 Å². The van der Waals surface area contributed by atoms with Crippen LogP contribution in [-0.2, 0) is 0 Å². The molecule has 3 nitrogen and oxygen atoms in total. The van der Waals surface area contributed by atoms with E-state index in [-0.39, 0.29) is 5.91 Å². The van der Waals surface area contributed by atoms with E-state index in [4.69, 9.17) is 0 Å². The number of benzene rings is 2. The van der Waals surface area contributed by atoms with Gasteiger partial charge < -0.3 is 10.6 Å². The summed E-state index contributed by atoms with van der Waals surface area (Å²) in [6.07, 6.45) is 0. The third-order valence-corrected chi connectivity index (χ3v) is 3.79. The number of hydrogen-bond acceptors (Lipinski definition) is 2. The number of hydrogen-bond donors (Lipinski definition) is 2. The van der Waals surface area contributed by atoms with Crippen LogP contribution in [0.1, 0.15) is 28.4 Å². The molecule has 2 aromatic carbocycles. The van der Waals surface area contributed by atoms with Crippen LogP contribution in [0.3, 0.4) is 0 Å². The van der Waals surface area contributed by atoms with Crippen LogP contribution in [-0.4, -0.2) is 12.5 Å². The molecule has 2 aromatic rings. The summed E-state index contributed by atoms with van der Waals surface area (Å²) in [5.41, 5.74) is 4.54. The SMILES string of the molecule is CCNc1ccc(C(=O)Nc2cc(Br)ccc2C)c(C)c1. The van der Waals surface area contributed by atoms with Gasteiger partial charge in [-0.3, -0.25) is 4.79 Å². The Morgan fingerprint density at radius 1 is 1.10 bits per heavy atom. The Morgan fingerprint density at radius 3 is 2.52 bits per heavy atom. The first-order valence-electron chi connectivity index (χ1n) is 6.93. The fourth-order valence-corrected chi connectivity index (χ4v) is 2.51. The zero-order valence-corrected chi connectivity index (χ0v) is 14.0. The van der Waals surface area contributed by atoms with E-state index in [1.165, 1.54) is 0 Å². The third kappa shape index (κ3) is 3.85. The number of carbonyl (C=O) groups is 1. The van der Waals surface area contributed by atoms with Gasteiger partial charge in [0.15, 0.2) is 0 Å². The van der Waals surface area contributed by atoms with Gasteiger partial charge in [-0.1, -0.05) is 22.0 Å². The minimum atomic E-state index is -0.0863. The highest BCUT2D eigenvalue weighted by atomic mass is 79.9. The van der Waals surface area contributed by atoms with E-state index < -0.39 is 0 Å². The van der Waals surface area contributed by atoms with Gasteiger partial charge in [0, 0.05) is 28.0 Å². The second kappa shape index (κ2) is 6.76. The molecule has 1 amide bonds. The topological polar surface area (TPSA) is 41.1 Å². The normalized spacial score (nSPS) is 10.3. The molecule has 0 saturated carbocycles. The van der Waals surface area contributed by atoms with Crippen LogP contribution in [0.5, 0.6) is 0 Å². The maximum Gasteiger partial charge on any atom is 0.255 e. The summed E-state index contributed by atoms with van der Waals surface area (Å²) >= 11 is 3.42. The molecule has 2 N–H and O–H groups in total. The number of amides is 1. The molecule has 110 valence electrons. The van der Waals surface area contributed by atoms with Crippen molar-refractivity contribution < 1.29 is 4.79 Å². The van der Waals surface area contributed by atoms with Crippen LogP contribution in [0.25, 0.3) is 0 Å². The number of nitrogens with one attached hydrogen (secondary N) is 2. The maximum atomic E-state index is 12.4. The molecule has 0 aliphatic rings. The number of aryl methyl sites for hydroxylation is 2. The first kappa shape index (κ1) is 15.6. The highest BCUT2D eigenvalue weighted by molar-refractivity contribution is 9.10. The Morgan fingerprint density at radius 2 is 1.86 bits per heavy atom. The first-order chi connectivity index (χ1) is 10.0. The fourth-order valence-electron chi connectivity index (χ4n) is 2.15. The lowest BCUT2D eigenvalue weighted by Crippen LogP contribution is -2.14. The van der Waals surface area contributed by atoms with Crippen molar-refractivity contribution in [2.75, 3.05) is 17.2 Å². The quantitative estimate of drug-likeness (QED) is 0.838. The zero-order chi connectivity index (χ0) is 15.4. The molecule has 0 aliphatic heterocycles. The van der Waals surface area contributed by atoms with Gasteiger partial charge >= 0.3 is 0 Å². The van der Waals surface area contributed by atoms with Crippen molar-refractivity contribution >= 4 is 33.2 Å². The summed E-state index contributed by atoms with van der Waals surface area (Å²) in [4.78, 5) is 12.4. The molecular weight excluding hydrogens is 328 g/mol. The van der Waals surface area contributed by atoms with Gasteiger partial charge in [-0.25, -0.2) is 0 Å². The van der Waals surface area contributed by atoms with E-state index in [1.807, 2.05) is 57.2 Å². The first-order valence-corrected chi connectivity index (χ1v) is 7.72. The summed E-state index contributed by atoms with van der Waals surface area (Å²) < 4.78 is 0.947. The Kier molecular flexibility index (Phi) is 5.02. The number of carbonyl (C=O) groups excluding carboxylic acids is 1. The van der Waals surface area contributed by atoms with Crippen LogP contribution < -0.4 is 10.6 Å². The monoisotopic (exact) mass is 346 g/mol. The van der Waals surface area contributed by atoms with E-state index in [1.54, 1.807) is 0 Å². The molecular formula is C17H19BrN2O. The van der Waals surface area contributed by atoms with Crippen LogP contribution >= 0.6 is 15.9 Å². The molecule has 0 unspecified atom stereocenters. The lowest BCUT2D eigenvalue weighted by atomic mass is 10.1. The minimum absolute atomic E-state index is 0.0863. The van der Waals surface area contributed by atoms with E-state index >= 15 is 0 Å². The molecule has 0 saturated heterocycles. The molecule has 4 heteroatoms. The van der Waals surface area contributed by atoms with E-state index in [0.29, 0.717) is 5.56 Å². The second-order valence-corrected chi connectivity index (χ2v) is 5.89. The van der Waals surface area contributed by atoms with Crippen LogP contribution in [0, 0.1) is 13.8 Å². The van der Waals surface area contributed by atoms with Crippen molar-refractivity contribution in [3.8, 4) is 0 Å². The van der Waals surface area contributed by atoms with Crippen LogP contribution in [0.2, 0.25) is 0 Å². The summed E-state index contributed by atoms with van der Waals surface area (Å²) in [6.45, 7) is 6.83. The molecule has 21 heavy (non-hydrogen) atoms. The van der Waals surface area contributed by atoms with Gasteiger partial charge in [-0.2, -0.15) is 0 Å². The standard InChI is InChI=1S/C17H19BrN2O/c1-4-19-14-7-8-15(12(3)9-14)17(21)20-16-10-13(18)6-5-11(16)2/h5-10,19H,4H2,1-3H3,(H,20,21). The second-order valence-electron chi connectivity index (χ2n) is 4.97. The average molecular weight is 347 g/mol. The highest BCUT2D eigenvalue weighted by Crippen LogP contribution is 2.22. The van der Waals surface area contributed by atoms with E-state index in [2.05, 4.69) is 26.6 Å². The predicted octanol–water partition coefficient (Wildman–Crippen LogP) is 4.75. The average Bonchev–Trinajstić information content (AvgIpc) is 2.43. The van der Waals surface area contributed by atoms with Crippen molar-refractivity contribution in [2.45, 2.75) is 20.8 Å². The highest BCUT2D eigenvalue weighted by Gasteiger charge is 2.11. The largest absolute Gasteiger partial charge is 0.385 e. The molecule has 0 fully saturated rings. The van der Waals surface area contributed by atoms with Crippen molar-refractivity contribution in [1.82, 2.24) is 0 Å². The minimum Gasteiger partial charge on any atom is -0.385 e. The van der Waals surface area contributed by atoms with Gasteiger partial charge in [0.05, 0.1) is 0 Å². The van der Waals surface area contributed by atoms with Gasteiger partial charge in [0.25, 0.3) is 5.91 Å². The van der Waals surface area contributed by atoms with Gasteiger partial charge in [0.1, 0.15) is 0 Å². The lowest BCUT2D eigenvalue weighted by Gasteiger charge is -2.12. The van der Waals surface area contributed by atoms with Crippen molar-refractivity contribution in [3.63, 3.8) is 0 Å². The number of halogens is 1. The zero-order valence-electron chi connectivity index (χ0n) is 12.5. The Bertz CT molecular complexity index is 668. The molecule has 0 aromatic heterocycles. The predicted molar refractivity (Wildman–Crippen MR) is 92.2 cm³/mol. The Hall–Kier alpha value is -1.81.